The second-order valence-corrected chi connectivity index (χ2v) is 8.77. The van der Waals surface area contributed by atoms with Gasteiger partial charge >= 0.3 is 0 Å². The lowest BCUT2D eigenvalue weighted by Gasteiger charge is -2.12. The minimum absolute atomic E-state index is 0.468. The first-order valence-electron chi connectivity index (χ1n) is 10.9. The molecule has 0 atom stereocenters. The summed E-state index contributed by atoms with van der Waals surface area (Å²) in [6.07, 6.45) is 2.10. The fraction of sp³-hybridized carbons (Fsp3) is 0.179. The fourth-order valence-electron chi connectivity index (χ4n) is 5.19. The molecule has 0 bridgehead atoms. The Morgan fingerprint density at radius 1 is 0.806 bits per heavy atom. The molecular formula is C28H25N2O+. The van der Waals surface area contributed by atoms with Crippen molar-refractivity contribution in [2.24, 2.45) is 7.05 Å². The van der Waals surface area contributed by atoms with Crippen LogP contribution in [-0.4, -0.2) is 4.57 Å². The zero-order valence-corrected chi connectivity index (χ0v) is 18.3. The molecule has 0 aliphatic rings. The second kappa shape index (κ2) is 6.45. The normalized spacial score (nSPS) is 12.2. The van der Waals surface area contributed by atoms with Crippen LogP contribution in [-0.2, 0) is 7.05 Å². The summed E-state index contributed by atoms with van der Waals surface area (Å²) in [4.78, 5) is 0. The van der Waals surface area contributed by atoms with Crippen LogP contribution < -0.4 is 4.57 Å². The smallest absolute Gasteiger partial charge is 0.298 e. The highest BCUT2D eigenvalue weighted by molar-refractivity contribution is 6.13. The van der Waals surface area contributed by atoms with Crippen molar-refractivity contribution >= 4 is 43.7 Å². The van der Waals surface area contributed by atoms with Crippen LogP contribution in [0, 0.1) is 6.92 Å². The van der Waals surface area contributed by atoms with Gasteiger partial charge in [-0.1, -0.05) is 50.2 Å². The van der Waals surface area contributed by atoms with E-state index in [1.165, 1.54) is 32.9 Å². The summed E-state index contributed by atoms with van der Waals surface area (Å²) in [7, 11) is 2.12. The lowest BCUT2D eigenvalue weighted by Crippen LogP contribution is -2.33. The SMILES string of the molecule is Cc1c(C(C)C)ccc2c3ccccc3n(-c3c4c(cc[n+]3C)oc3ccccc34)c12. The number of hydrogen-bond acceptors (Lipinski definition) is 1. The van der Waals surface area contributed by atoms with Gasteiger partial charge in [-0.3, -0.25) is 0 Å². The van der Waals surface area contributed by atoms with Crippen molar-refractivity contribution in [3.05, 3.63) is 84.1 Å². The molecule has 3 nitrogen and oxygen atoms in total. The zero-order chi connectivity index (χ0) is 21.3. The lowest BCUT2D eigenvalue weighted by atomic mass is 9.95. The zero-order valence-electron chi connectivity index (χ0n) is 18.3. The predicted octanol–water partition coefficient (Wildman–Crippen LogP) is 6.94. The Labute approximate surface area is 181 Å². The number of furan rings is 1. The maximum absolute atomic E-state index is 6.24. The van der Waals surface area contributed by atoms with Crippen molar-refractivity contribution in [1.29, 1.82) is 0 Å². The topological polar surface area (TPSA) is 21.9 Å². The molecule has 3 aromatic carbocycles. The van der Waals surface area contributed by atoms with Gasteiger partial charge in [-0.15, -0.1) is 0 Å². The van der Waals surface area contributed by atoms with Gasteiger partial charge in [0.2, 0.25) is 0 Å². The third kappa shape index (κ3) is 2.43. The van der Waals surface area contributed by atoms with E-state index < -0.39 is 0 Å². The average Bonchev–Trinajstić information content (AvgIpc) is 3.31. The Bertz CT molecular complexity index is 1630. The first kappa shape index (κ1) is 18.2. The number of hydrogen-bond donors (Lipinski definition) is 0. The van der Waals surface area contributed by atoms with E-state index in [0.29, 0.717) is 5.92 Å². The number of aromatic nitrogens is 2. The van der Waals surface area contributed by atoms with E-state index in [1.54, 1.807) is 0 Å². The van der Waals surface area contributed by atoms with Gasteiger partial charge in [0.25, 0.3) is 5.82 Å². The molecule has 0 saturated carbocycles. The Hall–Kier alpha value is -3.59. The molecule has 0 aliphatic heterocycles. The summed E-state index contributed by atoms with van der Waals surface area (Å²) in [5, 5.41) is 4.87. The van der Waals surface area contributed by atoms with E-state index in [1.807, 2.05) is 12.1 Å². The summed E-state index contributed by atoms with van der Waals surface area (Å²) < 4.78 is 10.9. The van der Waals surface area contributed by atoms with Crippen LogP contribution in [0.15, 0.2) is 77.3 Å². The molecule has 152 valence electrons. The Kier molecular flexibility index (Phi) is 3.79. The Morgan fingerprint density at radius 3 is 2.35 bits per heavy atom. The van der Waals surface area contributed by atoms with Crippen LogP contribution in [0.4, 0.5) is 0 Å². The number of nitrogens with zero attached hydrogens (tertiary/aromatic N) is 2. The second-order valence-electron chi connectivity index (χ2n) is 8.77. The Morgan fingerprint density at radius 2 is 1.55 bits per heavy atom. The summed E-state index contributed by atoms with van der Waals surface area (Å²) in [5.41, 5.74) is 7.07. The van der Waals surface area contributed by atoms with Crippen molar-refractivity contribution in [3.63, 3.8) is 0 Å². The van der Waals surface area contributed by atoms with Crippen molar-refractivity contribution in [2.45, 2.75) is 26.7 Å². The number of pyridine rings is 1. The molecule has 0 unspecified atom stereocenters. The molecule has 3 heteroatoms. The summed E-state index contributed by atoms with van der Waals surface area (Å²) >= 11 is 0. The van der Waals surface area contributed by atoms with E-state index in [-0.39, 0.29) is 0 Å². The molecule has 3 heterocycles. The van der Waals surface area contributed by atoms with E-state index in [0.717, 1.165) is 27.8 Å². The van der Waals surface area contributed by atoms with Gasteiger partial charge in [0.05, 0.1) is 13.2 Å². The third-order valence-corrected chi connectivity index (χ3v) is 6.60. The summed E-state index contributed by atoms with van der Waals surface area (Å²) in [6, 6.07) is 23.7. The average molecular weight is 406 g/mol. The first-order chi connectivity index (χ1) is 15.1. The highest BCUT2D eigenvalue weighted by Crippen LogP contribution is 2.39. The highest BCUT2D eigenvalue weighted by Gasteiger charge is 2.27. The molecule has 0 aliphatic carbocycles. The molecule has 0 spiro atoms. The molecule has 6 rings (SSSR count). The number of benzene rings is 3. The highest BCUT2D eigenvalue weighted by atomic mass is 16.3. The van der Waals surface area contributed by atoms with E-state index in [2.05, 4.69) is 97.7 Å². The van der Waals surface area contributed by atoms with Crippen molar-refractivity contribution in [3.8, 4) is 5.82 Å². The van der Waals surface area contributed by atoms with Crippen molar-refractivity contribution in [1.82, 2.24) is 4.57 Å². The van der Waals surface area contributed by atoms with E-state index in [9.17, 15) is 0 Å². The van der Waals surface area contributed by atoms with Crippen LogP contribution in [0.2, 0.25) is 0 Å². The molecule has 6 aromatic rings. The Balaban J connectivity index is 1.89. The van der Waals surface area contributed by atoms with Crippen LogP contribution in [0.3, 0.4) is 0 Å². The van der Waals surface area contributed by atoms with Gasteiger partial charge in [-0.05, 0) is 42.7 Å². The first-order valence-corrected chi connectivity index (χ1v) is 10.9. The van der Waals surface area contributed by atoms with Gasteiger partial charge in [0, 0.05) is 27.8 Å². The largest absolute Gasteiger partial charge is 0.456 e. The number of fused-ring (bicyclic) bond motifs is 6. The predicted molar refractivity (Wildman–Crippen MR) is 128 cm³/mol. The maximum atomic E-state index is 6.24. The van der Waals surface area contributed by atoms with Crippen LogP contribution in [0.1, 0.15) is 30.9 Å². The monoisotopic (exact) mass is 405 g/mol. The molecular weight excluding hydrogens is 380 g/mol. The van der Waals surface area contributed by atoms with Gasteiger partial charge in [-0.25, -0.2) is 4.57 Å². The molecule has 0 amide bonds. The molecule has 0 radical (unpaired) electrons. The van der Waals surface area contributed by atoms with Gasteiger partial charge < -0.3 is 4.42 Å². The quantitative estimate of drug-likeness (QED) is 0.286. The molecule has 0 N–H and O–H groups in total. The van der Waals surface area contributed by atoms with E-state index in [4.69, 9.17) is 4.42 Å². The van der Waals surface area contributed by atoms with Gasteiger partial charge in [0.15, 0.2) is 0 Å². The van der Waals surface area contributed by atoms with Crippen LogP contribution >= 0.6 is 0 Å². The fourth-order valence-corrected chi connectivity index (χ4v) is 5.19. The molecule has 0 fully saturated rings. The summed E-state index contributed by atoms with van der Waals surface area (Å²) in [5.74, 6) is 1.60. The van der Waals surface area contributed by atoms with Crippen molar-refractivity contribution in [2.75, 3.05) is 0 Å². The van der Waals surface area contributed by atoms with Crippen LogP contribution in [0.25, 0.3) is 49.6 Å². The third-order valence-electron chi connectivity index (χ3n) is 6.60. The molecule has 31 heavy (non-hydrogen) atoms. The number of para-hydroxylation sites is 2. The number of rotatable bonds is 2. The van der Waals surface area contributed by atoms with Crippen molar-refractivity contribution < 1.29 is 8.98 Å². The minimum atomic E-state index is 0.468. The van der Waals surface area contributed by atoms with Gasteiger partial charge in [0.1, 0.15) is 27.6 Å². The lowest BCUT2D eigenvalue weighted by molar-refractivity contribution is -0.664. The molecule has 3 aromatic heterocycles. The van der Waals surface area contributed by atoms with Crippen LogP contribution in [0.5, 0.6) is 0 Å². The maximum Gasteiger partial charge on any atom is 0.298 e. The summed E-state index contributed by atoms with van der Waals surface area (Å²) in [6.45, 7) is 6.80. The van der Waals surface area contributed by atoms with E-state index >= 15 is 0 Å². The standard InChI is InChI=1S/C28H25N2O/c1-17(2)19-13-14-21-20-9-5-7-11-23(20)30(27(21)18(19)3)28-26-22-10-6-8-12-24(22)31-25(26)15-16-29(28)4/h5-17H,1-4H3/q+1. The van der Waals surface area contributed by atoms with Gasteiger partial charge in [-0.2, -0.15) is 4.57 Å². The minimum Gasteiger partial charge on any atom is -0.456 e. The number of aryl methyl sites for hydroxylation is 2. The molecule has 0 saturated heterocycles.